The number of aliphatic hydroxyl groups is 1. The predicted molar refractivity (Wildman–Crippen MR) is 102 cm³/mol. The van der Waals surface area contributed by atoms with Crippen molar-refractivity contribution in [2.24, 2.45) is 11.7 Å². The van der Waals surface area contributed by atoms with E-state index in [0.29, 0.717) is 24.5 Å². The molecule has 2 aromatic carbocycles. The van der Waals surface area contributed by atoms with Crippen LogP contribution in [0.4, 0.5) is 0 Å². The monoisotopic (exact) mass is 373 g/mol. The Bertz CT molecular complexity index is 750. The van der Waals surface area contributed by atoms with Crippen LogP contribution in [0.5, 0.6) is 0 Å². The van der Waals surface area contributed by atoms with Gasteiger partial charge in [-0.3, -0.25) is 4.79 Å². The minimum atomic E-state index is -1.12. The maximum atomic E-state index is 12.6. The van der Waals surface area contributed by atoms with E-state index in [1.165, 1.54) is 0 Å². The van der Waals surface area contributed by atoms with Gasteiger partial charge in [0.25, 0.3) is 0 Å². The fourth-order valence-corrected chi connectivity index (χ4v) is 4.11. The van der Waals surface area contributed by atoms with Crippen LogP contribution in [0.2, 0.25) is 5.02 Å². The van der Waals surface area contributed by atoms with Crippen molar-refractivity contribution in [3.05, 3.63) is 70.7 Å². The summed E-state index contributed by atoms with van der Waals surface area (Å²) in [4.78, 5) is 12.6. The number of rotatable bonds is 4. The molecule has 0 saturated heterocycles. The minimum absolute atomic E-state index is 0.223. The van der Waals surface area contributed by atoms with Gasteiger partial charge in [-0.25, -0.2) is 0 Å². The first-order valence-corrected chi connectivity index (χ1v) is 9.28. The summed E-state index contributed by atoms with van der Waals surface area (Å²) in [5.41, 5.74) is 7.02. The number of nitrogens with two attached hydrogens (primary N) is 1. The molecule has 5 heteroatoms. The Morgan fingerprint density at radius 1 is 1.19 bits per heavy atom. The lowest BCUT2D eigenvalue weighted by molar-refractivity contribution is -0.153. The Kier molecular flexibility index (Phi) is 5.66. The Morgan fingerprint density at radius 2 is 1.85 bits per heavy atom. The van der Waals surface area contributed by atoms with Crippen LogP contribution < -0.4 is 5.73 Å². The summed E-state index contributed by atoms with van der Waals surface area (Å²) in [5, 5.41) is 12.0. The first kappa shape index (κ1) is 18.9. The average molecular weight is 374 g/mol. The molecule has 2 aromatic rings. The van der Waals surface area contributed by atoms with Crippen molar-refractivity contribution in [3.8, 4) is 0 Å². The van der Waals surface area contributed by atoms with Crippen molar-refractivity contribution in [1.82, 2.24) is 0 Å². The molecule has 0 unspecified atom stereocenters. The molecule has 138 valence electrons. The van der Waals surface area contributed by atoms with Crippen molar-refractivity contribution in [2.75, 3.05) is 6.61 Å². The number of hydrogen-bond acceptors (Lipinski definition) is 4. The number of esters is 1. The van der Waals surface area contributed by atoms with Gasteiger partial charge < -0.3 is 15.6 Å². The van der Waals surface area contributed by atoms with Crippen LogP contribution in [0.15, 0.2) is 54.6 Å². The molecule has 3 N–H and O–H groups in total. The average Bonchev–Trinajstić information content (AvgIpc) is 2.62. The third-order valence-electron chi connectivity index (χ3n) is 5.19. The number of benzene rings is 2. The van der Waals surface area contributed by atoms with E-state index in [-0.39, 0.29) is 11.9 Å². The van der Waals surface area contributed by atoms with E-state index in [9.17, 15) is 9.90 Å². The molecule has 4 atom stereocenters. The number of carbonyl (C=O) groups is 1. The van der Waals surface area contributed by atoms with Gasteiger partial charge in [-0.15, -0.1) is 0 Å². The van der Waals surface area contributed by atoms with Crippen LogP contribution in [0.1, 0.15) is 36.8 Å². The molecule has 1 aliphatic carbocycles. The summed E-state index contributed by atoms with van der Waals surface area (Å²) < 4.78 is 5.28. The van der Waals surface area contributed by atoms with Crippen LogP contribution in [-0.4, -0.2) is 23.7 Å². The molecule has 0 aliphatic heterocycles. The van der Waals surface area contributed by atoms with Crippen molar-refractivity contribution >= 4 is 17.6 Å². The molecule has 26 heavy (non-hydrogen) atoms. The molecular weight excluding hydrogens is 350 g/mol. The largest absolute Gasteiger partial charge is 0.466 e. The SMILES string of the molecule is CCOC(=O)[C@@H]1[C@@H](c2ccccc2)C[C@@](O)(c2ccc(Cl)cc2)C[C@@H]1N. The molecule has 0 bridgehead atoms. The Morgan fingerprint density at radius 3 is 2.46 bits per heavy atom. The standard InChI is InChI=1S/C21H24ClNO3/c1-2-26-20(24)19-17(14-6-4-3-5-7-14)12-21(25,13-18(19)23)15-8-10-16(22)11-9-15/h3-11,17-19,25H,2,12-13,23H2,1H3/t17-,18+,19-,21+/m1/s1. The van der Waals surface area contributed by atoms with Gasteiger partial charge in [0.2, 0.25) is 0 Å². The summed E-state index contributed by atoms with van der Waals surface area (Å²) in [5.74, 6) is -1.00. The second-order valence-corrected chi connectivity index (χ2v) is 7.34. The van der Waals surface area contributed by atoms with Gasteiger partial charge in [0.1, 0.15) is 0 Å². The normalized spacial score (nSPS) is 28.5. The first-order chi connectivity index (χ1) is 12.4. The fraction of sp³-hybridized carbons (Fsp3) is 0.381. The molecule has 0 radical (unpaired) electrons. The van der Waals surface area contributed by atoms with Gasteiger partial charge in [0, 0.05) is 17.0 Å². The Labute approximate surface area is 158 Å². The molecule has 0 amide bonds. The molecular formula is C21H24ClNO3. The van der Waals surface area contributed by atoms with E-state index in [1.54, 1.807) is 19.1 Å². The summed E-state index contributed by atoms with van der Waals surface area (Å²) in [6.45, 7) is 2.10. The van der Waals surface area contributed by atoms with Gasteiger partial charge in [-0.1, -0.05) is 54.1 Å². The zero-order valence-corrected chi connectivity index (χ0v) is 15.5. The second kappa shape index (κ2) is 7.78. The number of halogens is 1. The Hall–Kier alpha value is -1.88. The topological polar surface area (TPSA) is 72.5 Å². The molecule has 1 saturated carbocycles. The first-order valence-electron chi connectivity index (χ1n) is 8.90. The maximum absolute atomic E-state index is 12.6. The molecule has 0 heterocycles. The number of hydrogen-bond donors (Lipinski definition) is 2. The van der Waals surface area contributed by atoms with Gasteiger partial charge in [-0.2, -0.15) is 0 Å². The molecule has 4 nitrogen and oxygen atoms in total. The smallest absolute Gasteiger partial charge is 0.311 e. The van der Waals surface area contributed by atoms with E-state index >= 15 is 0 Å². The van der Waals surface area contributed by atoms with Crippen molar-refractivity contribution in [3.63, 3.8) is 0 Å². The lowest BCUT2D eigenvalue weighted by Gasteiger charge is -2.44. The molecule has 1 aliphatic rings. The fourth-order valence-electron chi connectivity index (χ4n) is 3.99. The molecule has 0 spiro atoms. The van der Waals surface area contributed by atoms with Gasteiger partial charge in [0.15, 0.2) is 0 Å². The Balaban J connectivity index is 1.99. The number of carbonyl (C=O) groups excluding carboxylic acids is 1. The van der Waals surface area contributed by atoms with Crippen LogP contribution >= 0.6 is 11.6 Å². The van der Waals surface area contributed by atoms with E-state index in [4.69, 9.17) is 22.1 Å². The van der Waals surface area contributed by atoms with Crippen molar-refractivity contribution < 1.29 is 14.6 Å². The predicted octanol–water partition coefficient (Wildman–Crippen LogP) is 3.61. The quantitative estimate of drug-likeness (QED) is 0.803. The van der Waals surface area contributed by atoms with Crippen LogP contribution in [-0.2, 0) is 15.1 Å². The summed E-state index contributed by atoms with van der Waals surface area (Å²) in [6.07, 6.45) is 0.692. The van der Waals surface area contributed by atoms with E-state index < -0.39 is 17.6 Å². The van der Waals surface area contributed by atoms with E-state index in [0.717, 1.165) is 11.1 Å². The summed E-state index contributed by atoms with van der Waals surface area (Å²) in [7, 11) is 0. The summed E-state index contributed by atoms with van der Waals surface area (Å²) >= 11 is 5.98. The zero-order valence-electron chi connectivity index (χ0n) is 14.8. The summed E-state index contributed by atoms with van der Waals surface area (Å²) in [6, 6.07) is 16.4. The van der Waals surface area contributed by atoms with Crippen molar-refractivity contribution in [1.29, 1.82) is 0 Å². The third-order valence-corrected chi connectivity index (χ3v) is 5.45. The minimum Gasteiger partial charge on any atom is -0.466 e. The second-order valence-electron chi connectivity index (χ2n) is 6.91. The highest BCUT2D eigenvalue weighted by Gasteiger charge is 2.48. The molecule has 1 fully saturated rings. The van der Waals surface area contributed by atoms with Crippen molar-refractivity contribution in [2.45, 2.75) is 37.3 Å². The molecule has 3 rings (SSSR count). The lowest BCUT2D eigenvalue weighted by atomic mass is 9.65. The highest BCUT2D eigenvalue weighted by molar-refractivity contribution is 6.30. The number of ether oxygens (including phenoxy) is 1. The third kappa shape index (κ3) is 3.78. The van der Waals surface area contributed by atoms with Crippen LogP contribution in [0.3, 0.4) is 0 Å². The van der Waals surface area contributed by atoms with E-state index in [2.05, 4.69) is 0 Å². The highest BCUT2D eigenvalue weighted by atomic mass is 35.5. The van der Waals surface area contributed by atoms with Gasteiger partial charge >= 0.3 is 5.97 Å². The van der Waals surface area contributed by atoms with Gasteiger partial charge in [-0.05, 0) is 43.0 Å². The van der Waals surface area contributed by atoms with E-state index in [1.807, 2.05) is 42.5 Å². The lowest BCUT2D eigenvalue weighted by Crippen LogP contribution is -2.51. The van der Waals surface area contributed by atoms with Crippen LogP contribution in [0.25, 0.3) is 0 Å². The molecule has 0 aromatic heterocycles. The maximum Gasteiger partial charge on any atom is 0.311 e. The van der Waals surface area contributed by atoms with Crippen LogP contribution in [0, 0.1) is 5.92 Å². The zero-order chi connectivity index (χ0) is 18.7. The van der Waals surface area contributed by atoms with Gasteiger partial charge in [0.05, 0.1) is 18.1 Å². The highest BCUT2D eigenvalue weighted by Crippen LogP contribution is 2.47.